The van der Waals surface area contributed by atoms with Crippen LogP contribution in [0.5, 0.6) is 0 Å². The van der Waals surface area contributed by atoms with Crippen molar-refractivity contribution >= 4 is 44.0 Å². The second-order valence-corrected chi connectivity index (χ2v) is 9.78. The molecule has 0 aliphatic carbocycles. The van der Waals surface area contributed by atoms with E-state index in [0.29, 0.717) is 16.4 Å². The van der Waals surface area contributed by atoms with Gasteiger partial charge in [0.05, 0.1) is 17.5 Å². The van der Waals surface area contributed by atoms with Gasteiger partial charge in [0.15, 0.2) is 15.0 Å². The van der Waals surface area contributed by atoms with Crippen molar-refractivity contribution in [2.75, 3.05) is 22.1 Å². The fourth-order valence-electron chi connectivity index (χ4n) is 2.98. The van der Waals surface area contributed by atoms with E-state index in [1.54, 1.807) is 24.3 Å². The number of nitrogens with zero attached hydrogens (tertiary/aromatic N) is 1. The lowest BCUT2D eigenvalue weighted by molar-refractivity contribution is 0.102. The van der Waals surface area contributed by atoms with Crippen molar-refractivity contribution in [3.8, 4) is 0 Å². The standard InChI is InChI=1S/C18H16FN3O3S2/c19-12-3-7-13(8-4-12)20-17(23)11-1-5-14(6-2-11)21-18-22-15-9-27(24,25)10-16(15)26-18/h1-8,15-16H,9-10H2,(H,20,23)(H,21,22)/t15-,16+/m0/s1. The Balaban J connectivity index is 1.38. The Labute approximate surface area is 160 Å². The van der Waals surface area contributed by atoms with Crippen LogP contribution in [-0.4, -0.2) is 42.3 Å². The monoisotopic (exact) mass is 405 g/mol. The number of amides is 1. The number of anilines is 2. The number of benzene rings is 2. The number of halogens is 1. The highest BCUT2D eigenvalue weighted by Crippen LogP contribution is 2.34. The molecule has 140 valence electrons. The van der Waals surface area contributed by atoms with E-state index in [2.05, 4.69) is 15.6 Å². The van der Waals surface area contributed by atoms with E-state index in [1.165, 1.54) is 36.0 Å². The van der Waals surface area contributed by atoms with Crippen LogP contribution in [0.3, 0.4) is 0 Å². The van der Waals surface area contributed by atoms with Gasteiger partial charge in [0.2, 0.25) is 0 Å². The number of rotatable bonds is 3. The summed E-state index contributed by atoms with van der Waals surface area (Å²) in [4.78, 5) is 16.7. The minimum atomic E-state index is -2.97. The smallest absolute Gasteiger partial charge is 0.255 e. The van der Waals surface area contributed by atoms with Gasteiger partial charge >= 0.3 is 0 Å². The number of amidine groups is 1. The highest BCUT2D eigenvalue weighted by atomic mass is 32.2. The van der Waals surface area contributed by atoms with Crippen LogP contribution in [0.15, 0.2) is 53.5 Å². The van der Waals surface area contributed by atoms with Crippen molar-refractivity contribution in [1.29, 1.82) is 0 Å². The van der Waals surface area contributed by atoms with Crippen LogP contribution in [-0.2, 0) is 9.84 Å². The molecule has 0 radical (unpaired) electrons. The molecule has 0 saturated carbocycles. The van der Waals surface area contributed by atoms with Gasteiger partial charge in [-0.3, -0.25) is 9.79 Å². The van der Waals surface area contributed by atoms with E-state index < -0.39 is 9.84 Å². The molecule has 2 N–H and O–H groups in total. The predicted octanol–water partition coefficient (Wildman–Crippen LogP) is 2.76. The Bertz CT molecular complexity index is 1010. The summed E-state index contributed by atoms with van der Waals surface area (Å²) in [6, 6.07) is 12.2. The van der Waals surface area contributed by atoms with Gasteiger partial charge in [-0.05, 0) is 48.5 Å². The number of hydrogen-bond acceptors (Lipinski definition) is 6. The number of thioether (sulfide) groups is 1. The summed E-state index contributed by atoms with van der Waals surface area (Å²) in [5, 5.41) is 6.55. The maximum atomic E-state index is 12.9. The van der Waals surface area contributed by atoms with E-state index >= 15 is 0 Å². The molecule has 6 nitrogen and oxygen atoms in total. The maximum absolute atomic E-state index is 12.9. The van der Waals surface area contributed by atoms with Gasteiger partial charge in [0.1, 0.15) is 5.82 Å². The molecular weight excluding hydrogens is 389 g/mol. The number of sulfone groups is 1. The fourth-order valence-corrected chi connectivity index (χ4v) is 6.66. The Morgan fingerprint density at radius 2 is 1.70 bits per heavy atom. The number of carbonyl (C=O) groups is 1. The van der Waals surface area contributed by atoms with E-state index in [1.807, 2.05) is 0 Å². The van der Waals surface area contributed by atoms with E-state index in [0.717, 1.165) is 5.69 Å². The molecule has 2 aliphatic heterocycles. The van der Waals surface area contributed by atoms with Crippen LogP contribution in [0.1, 0.15) is 10.4 Å². The molecule has 2 heterocycles. The van der Waals surface area contributed by atoms with Crippen molar-refractivity contribution in [3.63, 3.8) is 0 Å². The number of carbonyl (C=O) groups excluding carboxylic acids is 1. The quantitative estimate of drug-likeness (QED) is 0.820. The SMILES string of the molecule is O=C(Nc1ccc(F)cc1)c1ccc(NC2=N[C@H]3CS(=O)(=O)C[C@H]3S2)cc1. The summed E-state index contributed by atoms with van der Waals surface area (Å²) >= 11 is 1.44. The molecule has 9 heteroatoms. The topological polar surface area (TPSA) is 87.6 Å². The average Bonchev–Trinajstić information content (AvgIpc) is 3.10. The van der Waals surface area contributed by atoms with Gasteiger partial charge < -0.3 is 10.6 Å². The third-order valence-electron chi connectivity index (χ3n) is 4.32. The minimum absolute atomic E-state index is 0.0155. The molecule has 0 spiro atoms. The first-order valence-electron chi connectivity index (χ1n) is 8.27. The lowest BCUT2D eigenvalue weighted by Crippen LogP contribution is -2.13. The molecule has 4 rings (SSSR count). The van der Waals surface area contributed by atoms with E-state index in [4.69, 9.17) is 0 Å². The Hall–Kier alpha value is -2.39. The van der Waals surface area contributed by atoms with Crippen molar-refractivity contribution in [2.45, 2.75) is 11.3 Å². The fraction of sp³-hybridized carbons (Fsp3) is 0.222. The van der Waals surface area contributed by atoms with Gasteiger partial charge in [-0.25, -0.2) is 12.8 Å². The average molecular weight is 405 g/mol. The molecular formula is C18H16FN3O3S2. The molecule has 1 saturated heterocycles. The van der Waals surface area contributed by atoms with Crippen LogP contribution in [0, 0.1) is 5.82 Å². The number of aliphatic imine (C=N–C) groups is 1. The van der Waals surface area contributed by atoms with Gasteiger partial charge in [-0.2, -0.15) is 0 Å². The minimum Gasteiger partial charge on any atom is -0.335 e. The number of fused-ring (bicyclic) bond motifs is 1. The van der Waals surface area contributed by atoms with Gasteiger partial charge in [-0.15, -0.1) is 0 Å². The van der Waals surface area contributed by atoms with Gasteiger partial charge in [0, 0.05) is 22.2 Å². The number of nitrogens with one attached hydrogen (secondary N) is 2. The lowest BCUT2D eigenvalue weighted by Gasteiger charge is -2.08. The molecule has 27 heavy (non-hydrogen) atoms. The molecule has 2 aliphatic rings. The largest absolute Gasteiger partial charge is 0.335 e. The molecule has 0 bridgehead atoms. The Morgan fingerprint density at radius 3 is 2.37 bits per heavy atom. The number of hydrogen-bond donors (Lipinski definition) is 2. The van der Waals surface area contributed by atoms with Gasteiger partial charge in [-0.1, -0.05) is 11.8 Å². The predicted molar refractivity (Wildman–Crippen MR) is 106 cm³/mol. The Morgan fingerprint density at radius 1 is 1.04 bits per heavy atom. The molecule has 2 aromatic rings. The van der Waals surface area contributed by atoms with Crippen molar-refractivity contribution in [2.24, 2.45) is 4.99 Å². The molecule has 1 amide bonds. The zero-order valence-electron chi connectivity index (χ0n) is 14.1. The molecule has 0 aromatic heterocycles. The highest BCUT2D eigenvalue weighted by Gasteiger charge is 2.42. The third kappa shape index (κ3) is 4.14. The highest BCUT2D eigenvalue weighted by molar-refractivity contribution is 8.15. The summed E-state index contributed by atoms with van der Waals surface area (Å²) in [5.74, 6) is -0.379. The van der Waals surface area contributed by atoms with Gasteiger partial charge in [0.25, 0.3) is 5.91 Å². The molecule has 2 atom stereocenters. The molecule has 0 unspecified atom stereocenters. The summed E-state index contributed by atoms with van der Waals surface area (Å²) < 4.78 is 36.1. The lowest BCUT2D eigenvalue weighted by atomic mass is 10.2. The van der Waals surface area contributed by atoms with Crippen molar-refractivity contribution < 1.29 is 17.6 Å². The van der Waals surface area contributed by atoms with Crippen molar-refractivity contribution in [1.82, 2.24) is 0 Å². The van der Waals surface area contributed by atoms with Crippen molar-refractivity contribution in [3.05, 3.63) is 59.9 Å². The first kappa shape index (κ1) is 18.0. The first-order valence-corrected chi connectivity index (χ1v) is 11.0. The maximum Gasteiger partial charge on any atom is 0.255 e. The molecule has 2 aromatic carbocycles. The van der Waals surface area contributed by atoms with Crippen LogP contribution in [0.4, 0.5) is 15.8 Å². The zero-order chi connectivity index (χ0) is 19.0. The summed E-state index contributed by atoms with van der Waals surface area (Å²) in [6.45, 7) is 0. The zero-order valence-corrected chi connectivity index (χ0v) is 15.7. The normalized spacial score (nSPS) is 22.8. The summed E-state index contributed by atoms with van der Waals surface area (Å²) in [6.07, 6.45) is 0. The molecule has 1 fully saturated rings. The van der Waals surface area contributed by atoms with Crippen LogP contribution >= 0.6 is 11.8 Å². The van der Waals surface area contributed by atoms with Crippen LogP contribution in [0.2, 0.25) is 0 Å². The van der Waals surface area contributed by atoms with E-state index in [9.17, 15) is 17.6 Å². The summed E-state index contributed by atoms with van der Waals surface area (Å²) in [5.41, 5.74) is 1.75. The third-order valence-corrected chi connectivity index (χ3v) is 7.46. The van der Waals surface area contributed by atoms with Crippen LogP contribution in [0.25, 0.3) is 0 Å². The summed E-state index contributed by atoms with van der Waals surface area (Å²) in [7, 11) is -2.97. The van der Waals surface area contributed by atoms with E-state index in [-0.39, 0.29) is 34.5 Å². The Kier molecular flexibility index (Phi) is 4.65. The second kappa shape index (κ2) is 6.97. The first-order chi connectivity index (χ1) is 12.9. The second-order valence-electron chi connectivity index (χ2n) is 6.40. The van der Waals surface area contributed by atoms with Crippen LogP contribution < -0.4 is 10.6 Å².